The van der Waals surface area contributed by atoms with E-state index in [1.807, 2.05) is 23.1 Å². The number of likely N-dealkylation sites (tertiary alicyclic amines) is 1. The van der Waals surface area contributed by atoms with Gasteiger partial charge in [-0.25, -0.2) is 9.67 Å². The maximum absolute atomic E-state index is 12.9. The van der Waals surface area contributed by atoms with Crippen LogP contribution in [-0.2, 0) is 17.8 Å². The lowest BCUT2D eigenvalue weighted by molar-refractivity contribution is -0.130. The maximum atomic E-state index is 12.9. The number of benzene rings is 2. The standard InChI is InChI=1S/C27H30Cl2N6O4/c1-33-22-13-17(8-10-24(36)34-11-2-3-12-34)7-9-23(22)39-15-21(27(33)38)31-26(37)25-30-16-35(32-25)14-18-19(28)5-4-6-20(18)29/h4-7,9,13,16,21,27,38H,2-3,8,10-12,14-15H2,1H3,(H,31,37). The van der Waals surface area contributed by atoms with Gasteiger partial charge < -0.3 is 25.0 Å². The summed E-state index contributed by atoms with van der Waals surface area (Å²) in [4.78, 5) is 33.1. The molecule has 2 N–H and O–H groups in total. The number of carbonyl (C=O) groups excluding carboxylic acids is 2. The van der Waals surface area contributed by atoms with Crippen molar-refractivity contribution in [2.24, 2.45) is 0 Å². The number of nitrogens with one attached hydrogen (secondary N) is 1. The van der Waals surface area contributed by atoms with Gasteiger partial charge in [0.15, 0.2) is 6.23 Å². The number of rotatable bonds is 7. The monoisotopic (exact) mass is 572 g/mol. The molecule has 1 fully saturated rings. The van der Waals surface area contributed by atoms with E-state index in [0.717, 1.165) is 31.5 Å². The zero-order valence-electron chi connectivity index (χ0n) is 21.5. The maximum Gasteiger partial charge on any atom is 0.291 e. The summed E-state index contributed by atoms with van der Waals surface area (Å²) in [5.41, 5.74) is 2.33. The van der Waals surface area contributed by atoms with E-state index in [-0.39, 0.29) is 24.9 Å². The predicted molar refractivity (Wildman–Crippen MR) is 147 cm³/mol. The van der Waals surface area contributed by atoms with Crippen LogP contribution in [0.25, 0.3) is 0 Å². The molecule has 2 amide bonds. The number of aryl methyl sites for hydroxylation is 1. The Bertz CT molecular complexity index is 1340. The summed E-state index contributed by atoms with van der Waals surface area (Å²) in [6, 6.07) is 10.1. The van der Waals surface area contributed by atoms with E-state index in [9.17, 15) is 14.7 Å². The number of fused-ring (bicyclic) bond motifs is 1. The summed E-state index contributed by atoms with van der Waals surface area (Å²) in [6.07, 6.45) is 3.52. The molecule has 1 aromatic heterocycles. The Morgan fingerprint density at radius 1 is 1.15 bits per heavy atom. The molecule has 5 rings (SSSR count). The average molecular weight is 573 g/mol. The number of likely N-dealkylation sites (N-methyl/N-ethyl adjacent to an activating group) is 1. The Hall–Kier alpha value is -3.34. The van der Waals surface area contributed by atoms with Crippen molar-refractivity contribution >= 4 is 40.7 Å². The minimum Gasteiger partial charge on any atom is -0.489 e. The number of amides is 2. The Morgan fingerprint density at radius 2 is 1.90 bits per heavy atom. The molecule has 206 valence electrons. The first-order chi connectivity index (χ1) is 18.8. The average Bonchev–Trinajstić information content (AvgIpc) is 3.62. The minimum absolute atomic E-state index is 0.0486. The van der Waals surface area contributed by atoms with Gasteiger partial charge in [-0.2, -0.15) is 0 Å². The van der Waals surface area contributed by atoms with E-state index in [1.165, 1.54) is 11.0 Å². The molecule has 2 unspecified atom stereocenters. The quantitative estimate of drug-likeness (QED) is 0.447. The van der Waals surface area contributed by atoms with Gasteiger partial charge in [0.25, 0.3) is 5.91 Å². The molecule has 2 aromatic carbocycles. The Balaban J connectivity index is 1.22. The third-order valence-corrected chi connectivity index (χ3v) is 7.81. The van der Waals surface area contributed by atoms with Crippen LogP contribution in [-0.4, -0.2) is 75.6 Å². The van der Waals surface area contributed by atoms with E-state index < -0.39 is 18.2 Å². The van der Waals surface area contributed by atoms with E-state index in [2.05, 4.69) is 15.4 Å². The molecule has 0 bridgehead atoms. The molecule has 12 heteroatoms. The number of ether oxygens (including phenoxy) is 1. The van der Waals surface area contributed by atoms with E-state index >= 15 is 0 Å². The highest BCUT2D eigenvalue weighted by atomic mass is 35.5. The summed E-state index contributed by atoms with van der Waals surface area (Å²) in [7, 11) is 1.73. The summed E-state index contributed by atoms with van der Waals surface area (Å²) in [6.45, 7) is 1.97. The first kappa shape index (κ1) is 27.2. The largest absolute Gasteiger partial charge is 0.489 e. The highest BCUT2D eigenvalue weighted by molar-refractivity contribution is 6.35. The fourth-order valence-electron chi connectivity index (χ4n) is 4.84. The lowest BCUT2D eigenvalue weighted by Gasteiger charge is -2.29. The molecule has 2 atom stereocenters. The second kappa shape index (κ2) is 11.8. The van der Waals surface area contributed by atoms with Crippen LogP contribution >= 0.6 is 23.2 Å². The fraction of sp³-hybridized carbons (Fsp3) is 0.407. The van der Waals surface area contributed by atoms with E-state index in [0.29, 0.717) is 39.9 Å². The van der Waals surface area contributed by atoms with E-state index in [1.54, 1.807) is 30.1 Å². The zero-order valence-corrected chi connectivity index (χ0v) is 23.0. The van der Waals surface area contributed by atoms with Crippen LogP contribution in [0.1, 0.15) is 41.0 Å². The van der Waals surface area contributed by atoms with Crippen LogP contribution < -0.4 is 15.0 Å². The van der Waals surface area contributed by atoms with Crippen molar-refractivity contribution in [3.05, 3.63) is 69.7 Å². The normalized spacial score (nSPS) is 18.9. The number of halogens is 2. The number of nitrogens with zero attached hydrogens (tertiary/aromatic N) is 5. The molecule has 3 heterocycles. The summed E-state index contributed by atoms with van der Waals surface area (Å²) >= 11 is 12.5. The molecule has 1 saturated heterocycles. The third kappa shape index (κ3) is 6.13. The SMILES string of the molecule is CN1c2cc(CCC(=O)N3CCCC3)ccc2OCC(NC(=O)c2ncn(Cc3c(Cl)cccc3Cl)n2)C1O. The topological polar surface area (TPSA) is 113 Å². The van der Waals surface area contributed by atoms with Gasteiger partial charge in [-0.3, -0.25) is 9.59 Å². The smallest absolute Gasteiger partial charge is 0.291 e. The summed E-state index contributed by atoms with van der Waals surface area (Å²) in [5, 5.41) is 19.1. The minimum atomic E-state index is -1.07. The molecule has 10 nitrogen and oxygen atoms in total. The molecule has 0 aliphatic carbocycles. The van der Waals surface area contributed by atoms with Gasteiger partial charge in [-0.05, 0) is 49.1 Å². The molecular formula is C27H30Cl2N6O4. The van der Waals surface area contributed by atoms with Crippen molar-refractivity contribution in [3.63, 3.8) is 0 Å². The van der Waals surface area contributed by atoms with Gasteiger partial charge >= 0.3 is 0 Å². The van der Waals surface area contributed by atoms with Gasteiger partial charge in [-0.15, -0.1) is 5.10 Å². The van der Waals surface area contributed by atoms with Gasteiger partial charge in [0.2, 0.25) is 11.7 Å². The van der Waals surface area contributed by atoms with Crippen molar-refractivity contribution in [3.8, 4) is 5.75 Å². The van der Waals surface area contributed by atoms with E-state index in [4.69, 9.17) is 27.9 Å². The van der Waals surface area contributed by atoms with Gasteiger partial charge in [0, 0.05) is 42.2 Å². The van der Waals surface area contributed by atoms with Gasteiger partial charge in [0.1, 0.15) is 24.7 Å². The molecule has 39 heavy (non-hydrogen) atoms. The van der Waals surface area contributed by atoms with Crippen LogP contribution in [0.4, 0.5) is 5.69 Å². The molecule has 2 aliphatic rings. The van der Waals surface area contributed by atoms with Crippen molar-refractivity contribution in [1.29, 1.82) is 0 Å². The molecule has 2 aliphatic heterocycles. The lowest BCUT2D eigenvalue weighted by atomic mass is 10.1. The zero-order chi connectivity index (χ0) is 27.5. The van der Waals surface area contributed by atoms with Crippen molar-refractivity contribution < 1.29 is 19.4 Å². The highest BCUT2D eigenvalue weighted by Crippen LogP contribution is 2.33. The number of hydrogen-bond donors (Lipinski definition) is 2. The highest BCUT2D eigenvalue weighted by Gasteiger charge is 2.32. The van der Waals surface area contributed by atoms with Crippen molar-refractivity contribution in [1.82, 2.24) is 25.0 Å². The lowest BCUT2D eigenvalue weighted by Crippen LogP contribution is -2.52. The molecule has 0 saturated carbocycles. The molecule has 0 spiro atoms. The van der Waals surface area contributed by atoms with Crippen molar-refractivity contribution in [2.75, 3.05) is 31.6 Å². The second-order valence-electron chi connectivity index (χ2n) is 9.77. The van der Waals surface area contributed by atoms with Crippen LogP contribution in [0.15, 0.2) is 42.7 Å². The number of aliphatic hydroxyl groups excluding tert-OH is 1. The summed E-state index contributed by atoms with van der Waals surface area (Å²) < 4.78 is 7.42. The van der Waals surface area contributed by atoms with Crippen LogP contribution in [0.2, 0.25) is 10.0 Å². The molecule has 3 aromatic rings. The first-order valence-electron chi connectivity index (χ1n) is 12.9. The number of carbonyl (C=O) groups is 2. The Labute approximate surface area is 236 Å². The van der Waals surface area contributed by atoms with Crippen LogP contribution in [0.3, 0.4) is 0 Å². The molecular weight excluding hydrogens is 543 g/mol. The van der Waals surface area contributed by atoms with Crippen LogP contribution in [0.5, 0.6) is 5.75 Å². The fourth-order valence-corrected chi connectivity index (χ4v) is 5.36. The first-order valence-corrected chi connectivity index (χ1v) is 13.6. The van der Waals surface area contributed by atoms with Gasteiger partial charge in [0.05, 0.1) is 12.2 Å². The van der Waals surface area contributed by atoms with Crippen molar-refractivity contribution in [2.45, 2.75) is 44.5 Å². The Morgan fingerprint density at radius 3 is 2.64 bits per heavy atom. The Kier molecular flexibility index (Phi) is 8.25. The summed E-state index contributed by atoms with van der Waals surface area (Å²) in [5.74, 6) is 0.148. The third-order valence-electron chi connectivity index (χ3n) is 7.10. The predicted octanol–water partition coefficient (Wildman–Crippen LogP) is 3.13. The second-order valence-corrected chi connectivity index (χ2v) is 10.6. The van der Waals surface area contributed by atoms with Crippen LogP contribution in [0, 0.1) is 0 Å². The number of anilines is 1. The number of aliphatic hydroxyl groups is 1. The number of aromatic nitrogens is 3. The number of hydrogen-bond acceptors (Lipinski definition) is 7. The van der Waals surface area contributed by atoms with Gasteiger partial charge in [-0.1, -0.05) is 35.3 Å². The molecule has 0 radical (unpaired) electrons.